The molecule has 0 spiro atoms. The van der Waals surface area contributed by atoms with Crippen molar-refractivity contribution in [2.45, 2.75) is 39.2 Å². The molecule has 1 unspecified atom stereocenters. The molecule has 2 nitrogen and oxygen atoms in total. The third-order valence-electron chi connectivity index (χ3n) is 4.66. The highest BCUT2D eigenvalue weighted by atomic mass is 16.5. The molecule has 2 aromatic rings. The minimum atomic E-state index is -0.0911. The molecule has 0 aromatic heterocycles. The lowest BCUT2D eigenvalue weighted by Gasteiger charge is -2.20. The molecule has 2 aromatic carbocycles. The summed E-state index contributed by atoms with van der Waals surface area (Å²) in [5.41, 5.74) is 12.8. The molecule has 1 atom stereocenters. The van der Waals surface area contributed by atoms with Crippen LogP contribution in [0.25, 0.3) is 0 Å². The molecule has 0 radical (unpaired) electrons. The fraction of sp³-hybridized carbons (Fsp3) is 0.368. The molecule has 2 heteroatoms. The lowest BCUT2D eigenvalue weighted by Crippen LogP contribution is -2.19. The van der Waals surface area contributed by atoms with Gasteiger partial charge in [0.1, 0.15) is 5.75 Å². The Morgan fingerprint density at radius 1 is 1.14 bits per heavy atom. The number of benzene rings is 2. The van der Waals surface area contributed by atoms with E-state index in [-0.39, 0.29) is 11.5 Å². The van der Waals surface area contributed by atoms with Gasteiger partial charge in [0.2, 0.25) is 0 Å². The quantitative estimate of drug-likeness (QED) is 0.902. The fourth-order valence-electron chi connectivity index (χ4n) is 3.02. The molecule has 0 aliphatic carbocycles. The number of nitrogens with two attached hydrogens (primary N) is 1. The number of fused-ring (bicyclic) bond motifs is 1. The summed E-state index contributed by atoms with van der Waals surface area (Å²) in [6.07, 6.45) is 0. The van der Waals surface area contributed by atoms with Crippen molar-refractivity contribution in [1.82, 2.24) is 0 Å². The monoisotopic (exact) mass is 281 g/mol. The second-order valence-corrected chi connectivity index (χ2v) is 6.69. The maximum absolute atomic E-state index is 6.53. The Morgan fingerprint density at radius 3 is 2.67 bits per heavy atom. The van der Waals surface area contributed by atoms with Crippen LogP contribution in [0, 0.1) is 13.8 Å². The van der Waals surface area contributed by atoms with Crippen LogP contribution in [0.4, 0.5) is 0 Å². The van der Waals surface area contributed by atoms with E-state index in [9.17, 15) is 0 Å². The van der Waals surface area contributed by atoms with Crippen LogP contribution in [0.3, 0.4) is 0 Å². The zero-order valence-corrected chi connectivity index (χ0v) is 13.2. The summed E-state index contributed by atoms with van der Waals surface area (Å²) in [7, 11) is 0. The Balaban J connectivity index is 2.03. The summed E-state index contributed by atoms with van der Waals surface area (Å²) in [6, 6.07) is 12.6. The molecule has 1 aliphatic heterocycles. The van der Waals surface area contributed by atoms with Crippen LogP contribution >= 0.6 is 0 Å². The lowest BCUT2D eigenvalue weighted by atomic mass is 9.84. The van der Waals surface area contributed by atoms with E-state index in [0.29, 0.717) is 0 Å². The van der Waals surface area contributed by atoms with E-state index in [0.717, 1.165) is 17.9 Å². The van der Waals surface area contributed by atoms with Gasteiger partial charge in [-0.25, -0.2) is 0 Å². The van der Waals surface area contributed by atoms with Crippen LogP contribution in [0.5, 0.6) is 5.75 Å². The van der Waals surface area contributed by atoms with Crippen LogP contribution in [-0.2, 0) is 5.41 Å². The maximum atomic E-state index is 6.53. The lowest BCUT2D eigenvalue weighted by molar-refractivity contribution is 0.291. The molecule has 1 heterocycles. The number of hydrogen-bond donors (Lipinski definition) is 1. The number of ether oxygens (including phenoxy) is 1. The van der Waals surface area contributed by atoms with Gasteiger partial charge in [0.15, 0.2) is 0 Å². The van der Waals surface area contributed by atoms with Crippen LogP contribution in [0.2, 0.25) is 0 Å². The van der Waals surface area contributed by atoms with Crippen molar-refractivity contribution in [3.63, 3.8) is 0 Å². The van der Waals surface area contributed by atoms with Crippen molar-refractivity contribution in [3.05, 3.63) is 64.2 Å². The third kappa shape index (κ3) is 2.34. The summed E-state index contributed by atoms with van der Waals surface area (Å²) in [6.45, 7) is 9.44. The molecule has 0 fully saturated rings. The second-order valence-electron chi connectivity index (χ2n) is 6.69. The van der Waals surface area contributed by atoms with Gasteiger partial charge in [0.25, 0.3) is 0 Å². The van der Waals surface area contributed by atoms with E-state index >= 15 is 0 Å². The van der Waals surface area contributed by atoms with Crippen molar-refractivity contribution in [2.24, 2.45) is 5.73 Å². The summed E-state index contributed by atoms with van der Waals surface area (Å²) >= 11 is 0. The predicted octanol–water partition coefficient (Wildman–Crippen LogP) is 4.02. The number of aryl methyl sites for hydroxylation is 1. The van der Waals surface area contributed by atoms with E-state index < -0.39 is 0 Å². The van der Waals surface area contributed by atoms with Gasteiger partial charge in [-0.05, 0) is 48.2 Å². The largest absolute Gasteiger partial charge is 0.492 e. The Kier molecular flexibility index (Phi) is 3.29. The van der Waals surface area contributed by atoms with Crippen molar-refractivity contribution in [1.29, 1.82) is 0 Å². The highest BCUT2D eigenvalue weighted by molar-refractivity contribution is 5.48. The second kappa shape index (κ2) is 4.88. The summed E-state index contributed by atoms with van der Waals surface area (Å²) in [5, 5.41) is 0. The van der Waals surface area contributed by atoms with E-state index in [1.54, 1.807) is 0 Å². The SMILES string of the molecule is Cc1cccc(C(N)c2ccc3c(c2)C(C)(C)CO3)c1C. The topological polar surface area (TPSA) is 35.2 Å². The standard InChI is InChI=1S/C19H23NO/c1-12-6-5-7-15(13(12)2)18(20)14-8-9-17-16(10-14)19(3,4)11-21-17/h5-10,18H,11,20H2,1-4H3. The molecule has 0 saturated carbocycles. The minimum Gasteiger partial charge on any atom is -0.492 e. The van der Waals surface area contributed by atoms with Crippen LogP contribution in [0.1, 0.15) is 47.7 Å². The van der Waals surface area contributed by atoms with Crippen LogP contribution < -0.4 is 10.5 Å². The first-order chi connectivity index (χ1) is 9.90. The van der Waals surface area contributed by atoms with Gasteiger partial charge in [0.05, 0.1) is 12.6 Å². The smallest absolute Gasteiger partial charge is 0.123 e. The third-order valence-corrected chi connectivity index (χ3v) is 4.66. The maximum Gasteiger partial charge on any atom is 0.123 e. The normalized spacial score (nSPS) is 17.2. The zero-order valence-electron chi connectivity index (χ0n) is 13.2. The van der Waals surface area contributed by atoms with Crippen LogP contribution in [-0.4, -0.2) is 6.61 Å². The first-order valence-corrected chi connectivity index (χ1v) is 7.49. The van der Waals surface area contributed by atoms with Gasteiger partial charge in [-0.3, -0.25) is 0 Å². The summed E-state index contributed by atoms with van der Waals surface area (Å²) in [5.74, 6) is 0.997. The Hall–Kier alpha value is -1.80. The van der Waals surface area contributed by atoms with Gasteiger partial charge in [-0.15, -0.1) is 0 Å². The van der Waals surface area contributed by atoms with Crippen molar-refractivity contribution >= 4 is 0 Å². The fourth-order valence-corrected chi connectivity index (χ4v) is 3.02. The summed E-state index contributed by atoms with van der Waals surface area (Å²) in [4.78, 5) is 0. The van der Waals surface area contributed by atoms with Gasteiger partial charge >= 0.3 is 0 Å². The van der Waals surface area contributed by atoms with Crippen molar-refractivity contribution in [2.75, 3.05) is 6.61 Å². The summed E-state index contributed by atoms with van der Waals surface area (Å²) < 4.78 is 5.76. The first-order valence-electron chi connectivity index (χ1n) is 7.49. The van der Waals surface area contributed by atoms with E-state index in [1.807, 2.05) is 0 Å². The average Bonchev–Trinajstić information content (AvgIpc) is 2.76. The first kappa shape index (κ1) is 14.2. The molecule has 1 aliphatic rings. The van der Waals surface area contributed by atoms with Crippen molar-refractivity contribution < 1.29 is 4.74 Å². The molecule has 0 saturated heterocycles. The number of hydrogen-bond acceptors (Lipinski definition) is 2. The minimum absolute atomic E-state index is 0.0622. The average molecular weight is 281 g/mol. The molecule has 2 N–H and O–H groups in total. The van der Waals surface area contributed by atoms with Gasteiger partial charge in [0, 0.05) is 11.0 Å². The number of rotatable bonds is 2. The van der Waals surface area contributed by atoms with E-state index in [1.165, 1.54) is 22.3 Å². The highest BCUT2D eigenvalue weighted by Gasteiger charge is 2.32. The molecule has 110 valence electrons. The molecular formula is C19H23NO. The zero-order chi connectivity index (χ0) is 15.2. The molecule has 0 bridgehead atoms. The van der Waals surface area contributed by atoms with Gasteiger partial charge < -0.3 is 10.5 Å². The molecule has 21 heavy (non-hydrogen) atoms. The van der Waals surface area contributed by atoms with E-state index in [4.69, 9.17) is 10.5 Å². The van der Waals surface area contributed by atoms with E-state index in [2.05, 4.69) is 64.1 Å². The van der Waals surface area contributed by atoms with Crippen LogP contribution in [0.15, 0.2) is 36.4 Å². The van der Waals surface area contributed by atoms with Crippen molar-refractivity contribution in [3.8, 4) is 5.75 Å². The highest BCUT2D eigenvalue weighted by Crippen LogP contribution is 2.40. The molecule has 0 amide bonds. The van der Waals surface area contributed by atoms with Gasteiger partial charge in [-0.2, -0.15) is 0 Å². The Bertz CT molecular complexity index is 688. The Morgan fingerprint density at radius 2 is 1.90 bits per heavy atom. The predicted molar refractivity (Wildman–Crippen MR) is 86.9 cm³/mol. The Labute approximate surface area is 126 Å². The molecular weight excluding hydrogens is 258 g/mol. The van der Waals surface area contributed by atoms with Gasteiger partial charge in [-0.1, -0.05) is 38.1 Å². The molecule has 3 rings (SSSR count).